The Labute approximate surface area is 134 Å². The van der Waals surface area contributed by atoms with Crippen LogP contribution in [-0.2, 0) is 4.79 Å². The van der Waals surface area contributed by atoms with Crippen molar-refractivity contribution in [3.8, 4) is 6.07 Å². The maximum atomic E-state index is 12.9. The fourth-order valence-corrected chi connectivity index (χ4v) is 3.90. The smallest absolute Gasteiger partial charge is 0.326 e. The number of carboxylic acid groups (broad SMARTS) is 1. The minimum absolute atomic E-state index is 0.00454. The van der Waals surface area contributed by atoms with Gasteiger partial charge in [0.1, 0.15) is 17.8 Å². The highest BCUT2D eigenvalue weighted by Gasteiger charge is 2.47. The second kappa shape index (κ2) is 5.99. The molecule has 2 fully saturated rings. The molecule has 6 heteroatoms. The molecule has 1 aromatic rings. The van der Waals surface area contributed by atoms with E-state index in [2.05, 4.69) is 4.98 Å². The average Bonchev–Trinajstić information content (AvgIpc) is 2.93. The molecule has 0 spiro atoms. The molecule has 3 atom stereocenters. The monoisotopic (exact) mass is 313 g/mol. The number of likely N-dealkylation sites (tertiary alicyclic amines) is 1. The Hall–Kier alpha value is -2.42. The standard InChI is InChI=1S/C17H19N3O3/c1-10-12(9-18)6-7-13(19-10)16(21)20-14-5-3-2-4-11(14)8-15(20)17(22)23/h6-7,11,14-15H,2-5,8H2,1H3,(H,22,23). The summed E-state index contributed by atoms with van der Waals surface area (Å²) in [5, 5.41) is 18.5. The lowest BCUT2D eigenvalue weighted by Gasteiger charge is -2.32. The zero-order valence-electron chi connectivity index (χ0n) is 13.0. The van der Waals surface area contributed by atoms with Crippen LogP contribution in [0.3, 0.4) is 0 Å². The summed E-state index contributed by atoms with van der Waals surface area (Å²) in [6.07, 6.45) is 4.50. The number of hydrogen-bond acceptors (Lipinski definition) is 4. The zero-order valence-corrected chi connectivity index (χ0v) is 13.0. The third kappa shape index (κ3) is 2.67. The summed E-state index contributed by atoms with van der Waals surface area (Å²) in [6, 6.07) is 4.33. The number of amides is 1. The number of aliphatic carboxylic acids is 1. The van der Waals surface area contributed by atoms with E-state index < -0.39 is 12.0 Å². The van der Waals surface area contributed by atoms with E-state index in [9.17, 15) is 14.7 Å². The molecule has 1 aliphatic carbocycles. The van der Waals surface area contributed by atoms with Crippen molar-refractivity contribution in [3.63, 3.8) is 0 Å². The summed E-state index contributed by atoms with van der Waals surface area (Å²) in [5.74, 6) is -1.01. The molecule has 3 unspecified atom stereocenters. The van der Waals surface area contributed by atoms with Crippen molar-refractivity contribution < 1.29 is 14.7 Å². The van der Waals surface area contributed by atoms with Gasteiger partial charge in [0, 0.05) is 6.04 Å². The molecule has 1 amide bonds. The van der Waals surface area contributed by atoms with E-state index in [1.165, 1.54) is 11.0 Å². The fourth-order valence-electron chi connectivity index (χ4n) is 3.90. The van der Waals surface area contributed by atoms with Crippen LogP contribution in [0.15, 0.2) is 12.1 Å². The van der Waals surface area contributed by atoms with Crippen LogP contribution in [0.4, 0.5) is 0 Å². The first-order valence-electron chi connectivity index (χ1n) is 7.96. The molecule has 6 nitrogen and oxygen atoms in total. The van der Waals surface area contributed by atoms with Gasteiger partial charge in [0.05, 0.1) is 11.3 Å². The number of aryl methyl sites for hydroxylation is 1. The third-order valence-corrected chi connectivity index (χ3v) is 5.03. The lowest BCUT2D eigenvalue weighted by atomic mass is 9.84. The van der Waals surface area contributed by atoms with E-state index in [-0.39, 0.29) is 23.6 Å². The molecule has 2 aliphatic rings. The second-order valence-corrected chi connectivity index (χ2v) is 6.36. The van der Waals surface area contributed by atoms with E-state index in [0.717, 1.165) is 25.7 Å². The van der Waals surface area contributed by atoms with Gasteiger partial charge in [-0.15, -0.1) is 0 Å². The number of carboxylic acids is 1. The molecule has 1 aliphatic heterocycles. The number of nitrogens with zero attached hydrogens (tertiary/aromatic N) is 3. The van der Waals surface area contributed by atoms with Crippen molar-refractivity contribution in [2.75, 3.05) is 0 Å². The summed E-state index contributed by atoms with van der Waals surface area (Å²) in [4.78, 5) is 30.2. The molecule has 1 saturated carbocycles. The highest BCUT2D eigenvalue weighted by molar-refractivity contribution is 5.95. The van der Waals surface area contributed by atoms with Gasteiger partial charge >= 0.3 is 5.97 Å². The quantitative estimate of drug-likeness (QED) is 0.902. The van der Waals surface area contributed by atoms with Crippen molar-refractivity contribution in [2.45, 2.75) is 51.1 Å². The number of carbonyl (C=O) groups excluding carboxylic acids is 1. The Morgan fingerprint density at radius 1 is 1.35 bits per heavy atom. The number of fused-ring (bicyclic) bond motifs is 1. The molecule has 1 aromatic heterocycles. The Balaban J connectivity index is 1.93. The van der Waals surface area contributed by atoms with Crippen molar-refractivity contribution in [3.05, 3.63) is 29.1 Å². The van der Waals surface area contributed by atoms with Crippen LogP contribution in [0, 0.1) is 24.2 Å². The minimum atomic E-state index is -0.946. The first-order chi connectivity index (χ1) is 11.0. The molecule has 3 rings (SSSR count). The van der Waals surface area contributed by atoms with Gasteiger partial charge < -0.3 is 10.0 Å². The lowest BCUT2D eigenvalue weighted by Crippen LogP contribution is -2.46. The Morgan fingerprint density at radius 2 is 2.09 bits per heavy atom. The van der Waals surface area contributed by atoms with Crippen LogP contribution >= 0.6 is 0 Å². The molecule has 23 heavy (non-hydrogen) atoms. The van der Waals surface area contributed by atoms with Crippen LogP contribution in [0.1, 0.15) is 53.8 Å². The summed E-state index contributed by atoms with van der Waals surface area (Å²) in [5.41, 5.74) is 1.14. The number of nitriles is 1. The topological polar surface area (TPSA) is 94.3 Å². The van der Waals surface area contributed by atoms with E-state index in [1.54, 1.807) is 13.0 Å². The number of hydrogen-bond donors (Lipinski definition) is 1. The summed E-state index contributed by atoms with van der Waals surface area (Å²) in [6.45, 7) is 1.68. The Kier molecular flexibility index (Phi) is 4.03. The van der Waals surface area contributed by atoms with Gasteiger partial charge in [-0.05, 0) is 44.2 Å². The third-order valence-electron chi connectivity index (χ3n) is 5.03. The van der Waals surface area contributed by atoms with Crippen molar-refractivity contribution in [2.24, 2.45) is 5.92 Å². The van der Waals surface area contributed by atoms with Crippen LogP contribution in [0.2, 0.25) is 0 Å². The SMILES string of the molecule is Cc1nc(C(=O)N2C(C(=O)O)CC3CCCCC32)ccc1C#N. The van der Waals surface area contributed by atoms with Gasteiger partial charge in [-0.2, -0.15) is 5.26 Å². The van der Waals surface area contributed by atoms with Crippen LogP contribution in [0.5, 0.6) is 0 Å². The van der Waals surface area contributed by atoms with Crippen LogP contribution in [-0.4, -0.2) is 39.0 Å². The van der Waals surface area contributed by atoms with Gasteiger partial charge in [0.2, 0.25) is 0 Å². The molecular weight excluding hydrogens is 294 g/mol. The number of rotatable bonds is 2. The average molecular weight is 313 g/mol. The van der Waals surface area contributed by atoms with E-state index in [1.807, 2.05) is 6.07 Å². The molecule has 1 N–H and O–H groups in total. The van der Waals surface area contributed by atoms with E-state index in [0.29, 0.717) is 17.7 Å². The van der Waals surface area contributed by atoms with Gasteiger partial charge in [-0.25, -0.2) is 9.78 Å². The fraction of sp³-hybridized carbons (Fsp3) is 0.529. The van der Waals surface area contributed by atoms with E-state index in [4.69, 9.17) is 5.26 Å². The van der Waals surface area contributed by atoms with Gasteiger partial charge in [0.25, 0.3) is 5.91 Å². The predicted octanol–water partition coefficient (Wildman–Crippen LogP) is 2.12. The van der Waals surface area contributed by atoms with Gasteiger partial charge in [0.15, 0.2) is 0 Å². The number of aromatic nitrogens is 1. The summed E-state index contributed by atoms with van der Waals surface area (Å²) in [7, 11) is 0. The highest BCUT2D eigenvalue weighted by atomic mass is 16.4. The highest BCUT2D eigenvalue weighted by Crippen LogP contribution is 2.40. The molecule has 120 valence electrons. The van der Waals surface area contributed by atoms with E-state index >= 15 is 0 Å². The molecule has 0 aromatic carbocycles. The Bertz CT molecular complexity index is 695. The first kappa shape index (κ1) is 15.5. The van der Waals surface area contributed by atoms with Gasteiger partial charge in [-0.3, -0.25) is 4.79 Å². The normalized spacial score (nSPS) is 26.4. The van der Waals surface area contributed by atoms with Gasteiger partial charge in [-0.1, -0.05) is 12.8 Å². The molecule has 2 heterocycles. The van der Waals surface area contributed by atoms with Crippen molar-refractivity contribution in [1.82, 2.24) is 9.88 Å². The number of carbonyl (C=O) groups is 2. The maximum absolute atomic E-state index is 12.9. The maximum Gasteiger partial charge on any atom is 0.326 e. The van der Waals surface area contributed by atoms with Crippen LogP contribution in [0.25, 0.3) is 0 Å². The largest absolute Gasteiger partial charge is 0.480 e. The molecule has 0 radical (unpaired) electrons. The van der Waals surface area contributed by atoms with Crippen molar-refractivity contribution >= 4 is 11.9 Å². The van der Waals surface area contributed by atoms with Crippen molar-refractivity contribution in [1.29, 1.82) is 5.26 Å². The zero-order chi connectivity index (χ0) is 16.6. The number of pyridine rings is 1. The molecular formula is C17H19N3O3. The minimum Gasteiger partial charge on any atom is -0.480 e. The second-order valence-electron chi connectivity index (χ2n) is 6.36. The molecule has 0 bridgehead atoms. The molecule has 1 saturated heterocycles. The first-order valence-corrected chi connectivity index (χ1v) is 7.96. The lowest BCUT2D eigenvalue weighted by molar-refractivity contribution is -0.141. The summed E-state index contributed by atoms with van der Waals surface area (Å²) < 4.78 is 0. The van der Waals surface area contributed by atoms with Crippen LogP contribution < -0.4 is 0 Å². The predicted molar refractivity (Wildman–Crippen MR) is 81.6 cm³/mol. The Morgan fingerprint density at radius 3 is 2.74 bits per heavy atom. The summed E-state index contributed by atoms with van der Waals surface area (Å²) >= 11 is 0.